The number of aryl methyl sites for hydroxylation is 1. The number of rotatable bonds is 6. The van der Waals surface area contributed by atoms with Crippen molar-refractivity contribution < 1.29 is 0 Å². The Balaban J connectivity index is 2.56. The van der Waals surface area contributed by atoms with Crippen molar-refractivity contribution in [1.29, 1.82) is 0 Å². The first-order chi connectivity index (χ1) is 10.8. The van der Waals surface area contributed by atoms with E-state index in [1.165, 1.54) is 16.8 Å². The van der Waals surface area contributed by atoms with E-state index in [0.29, 0.717) is 34.6 Å². The van der Waals surface area contributed by atoms with Crippen molar-refractivity contribution in [2.24, 2.45) is 10.9 Å². The van der Waals surface area contributed by atoms with Gasteiger partial charge in [-0.25, -0.2) is 0 Å². The number of nitrogens with one attached hydrogen (secondary N) is 1. The smallest absolute Gasteiger partial charge is 0.276 e. The minimum Gasteiger partial charge on any atom is -0.308 e. The molecule has 0 atom stereocenters. The Kier molecular flexibility index (Phi) is 4.83. The molecule has 0 aliphatic rings. The van der Waals surface area contributed by atoms with E-state index >= 15 is 0 Å². The zero-order chi connectivity index (χ0) is 17.1. The van der Waals surface area contributed by atoms with Crippen LogP contribution in [0.25, 0.3) is 10.9 Å². The maximum Gasteiger partial charge on any atom is 0.276 e. The fourth-order valence-electron chi connectivity index (χ4n) is 2.55. The molecule has 1 N–H and O–H groups in total. The van der Waals surface area contributed by atoms with Gasteiger partial charge in [0.15, 0.2) is 0 Å². The molecule has 2 rings (SSSR count). The number of H-pyrrole nitrogens is 1. The van der Waals surface area contributed by atoms with Crippen LogP contribution in [0.15, 0.2) is 45.6 Å². The second-order valence-electron chi connectivity index (χ2n) is 5.98. The number of fused-ring (bicyclic) bond motifs is 1. The van der Waals surface area contributed by atoms with Crippen LogP contribution in [0.5, 0.6) is 0 Å². The van der Waals surface area contributed by atoms with Crippen LogP contribution in [-0.4, -0.2) is 20.6 Å². The molecule has 0 unspecified atom stereocenters. The summed E-state index contributed by atoms with van der Waals surface area (Å²) in [4.78, 5) is 28.8. The molecule has 6 heteroatoms. The number of aliphatic imine (C=N–C) groups is 1. The van der Waals surface area contributed by atoms with Gasteiger partial charge >= 0.3 is 0 Å². The molecule has 6 nitrogen and oxygen atoms in total. The SMILES string of the molecule is C=CN=CC(=C)Cn1c(C)c2c(=O)n(CC(C)C)[nH]c2cc1=O. The number of pyridine rings is 1. The third kappa shape index (κ3) is 3.41. The van der Waals surface area contributed by atoms with Gasteiger partial charge in [-0.15, -0.1) is 0 Å². The van der Waals surface area contributed by atoms with E-state index in [2.05, 4.69) is 23.2 Å². The summed E-state index contributed by atoms with van der Waals surface area (Å²) < 4.78 is 3.09. The van der Waals surface area contributed by atoms with Gasteiger partial charge in [0.2, 0.25) is 0 Å². The van der Waals surface area contributed by atoms with Gasteiger partial charge in [0.25, 0.3) is 11.1 Å². The zero-order valence-electron chi connectivity index (χ0n) is 13.8. The number of hydrogen-bond donors (Lipinski definition) is 1. The highest BCUT2D eigenvalue weighted by molar-refractivity contribution is 5.81. The van der Waals surface area contributed by atoms with Gasteiger partial charge in [0, 0.05) is 30.7 Å². The van der Waals surface area contributed by atoms with Crippen LogP contribution in [-0.2, 0) is 13.1 Å². The van der Waals surface area contributed by atoms with Crippen molar-refractivity contribution in [2.45, 2.75) is 33.9 Å². The second-order valence-corrected chi connectivity index (χ2v) is 5.98. The standard InChI is InChI=1S/C17H22N4O2/c1-6-18-8-12(4)10-20-13(5)16-14(7-15(20)22)19-21(17(16)23)9-11(2)3/h6-8,11,19H,1,4,9-10H2,2-3,5H3. The van der Waals surface area contributed by atoms with E-state index in [1.807, 2.05) is 13.8 Å². The lowest BCUT2D eigenvalue weighted by atomic mass is 10.2. The minimum absolute atomic E-state index is 0.106. The first-order valence-electron chi connectivity index (χ1n) is 7.50. The van der Waals surface area contributed by atoms with Crippen LogP contribution in [0.4, 0.5) is 0 Å². The molecular weight excluding hydrogens is 292 g/mol. The van der Waals surface area contributed by atoms with Crippen molar-refractivity contribution in [2.75, 3.05) is 0 Å². The molecule has 122 valence electrons. The molecule has 0 bridgehead atoms. The fourth-order valence-corrected chi connectivity index (χ4v) is 2.55. The summed E-state index contributed by atoms with van der Waals surface area (Å²) in [6, 6.07) is 1.46. The predicted octanol–water partition coefficient (Wildman–Crippen LogP) is 2.23. The van der Waals surface area contributed by atoms with Crippen molar-refractivity contribution in [3.8, 4) is 0 Å². The minimum atomic E-state index is -0.180. The molecule has 0 aliphatic heterocycles. The van der Waals surface area contributed by atoms with Crippen LogP contribution in [0.3, 0.4) is 0 Å². The van der Waals surface area contributed by atoms with Gasteiger partial charge in [-0.1, -0.05) is 27.0 Å². The molecule has 0 aromatic carbocycles. The average molecular weight is 314 g/mol. The Morgan fingerprint density at radius 2 is 2.13 bits per heavy atom. The molecule has 2 heterocycles. The van der Waals surface area contributed by atoms with E-state index in [4.69, 9.17) is 0 Å². The van der Waals surface area contributed by atoms with Gasteiger partial charge in [-0.05, 0) is 18.4 Å². The van der Waals surface area contributed by atoms with Crippen molar-refractivity contribution in [3.63, 3.8) is 0 Å². The molecule has 0 aliphatic carbocycles. The Morgan fingerprint density at radius 1 is 1.43 bits per heavy atom. The Bertz CT molecular complexity index is 894. The van der Waals surface area contributed by atoms with Crippen LogP contribution in [0.2, 0.25) is 0 Å². The lowest BCUT2D eigenvalue weighted by Gasteiger charge is -2.09. The lowest BCUT2D eigenvalue weighted by Crippen LogP contribution is -2.24. The van der Waals surface area contributed by atoms with Crippen LogP contribution in [0.1, 0.15) is 19.5 Å². The van der Waals surface area contributed by atoms with Gasteiger partial charge in [-0.3, -0.25) is 24.4 Å². The molecule has 23 heavy (non-hydrogen) atoms. The van der Waals surface area contributed by atoms with Crippen LogP contribution in [0, 0.1) is 12.8 Å². The van der Waals surface area contributed by atoms with E-state index in [1.54, 1.807) is 17.8 Å². The monoisotopic (exact) mass is 314 g/mol. The first-order valence-corrected chi connectivity index (χ1v) is 7.50. The molecule has 0 spiro atoms. The highest BCUT2D eigenvalue weighted by atomic mass is 16.1. The molecule has 0 saturated heterocycles. The number of aromatic nitrogens is 3. The Hall–Kier alpha value is -2.63. The number of allylic oxidation sites excluding steroid dienone is 1. The molecule has 0 saturated carbocycles. The molecule has 2 aromatic rings. The number of nitrogens with zero attached hydrogens (tertiary/aromatic N) is 3. The largest absolute Gasteiger partial charge is 0.308 e. The van der Waals surface area contributed by atoms with E-state index < -0.39 is 0 Å². The molecular formula is C17H22N4O2. The molecule has 2 aromatic heterocycles. The van der Waals surface area contributed by atoms with Gasteiger partial charge in [-0.2, -0.15) is 0 Å². The Morgan fingerprint density at radius 3 is 2.74 bits per heavy atom. The normalized spacial score (nSPS) is 11.7. The van der Waals surface area contributed by atoms with E-state index in [-0.39, 0.29) is 17.7 Å². The highest BCUT2D eigenvalue weighted by Crippen LogP contribution is 2.12. The highest BCUT2D eigenvalue weighted by Gasteiger charge is 2.14. The van der Waals surface area contributed by atoms with Gasteiger partial charge in [0.05, 0.1) is 17.4 Å². The van der Waals surface area contributed by atoms with Gasteiger partial charge < -0.3 is 4.57 Å². The van der Waals surface area contributed by atoms with Crippen molar-refractivity contribution >= 4 is 17.1 Å². The third-order valence-electron chi connectivity index (χ3n) is 3.56. The van der Waals surface area contributed by atoms with Crippen LogP contribution >= 0.6 is 0 Å². The quantitative estimate of drug-likeness (QED) is 0.830. The summed E-state index contributed by atoms with van der Waals surface area (Å²) in [6.45, 7) is 14.1. The summed E-state index contributed by atoms with van der Waals surface area (Å²) in [6.07, 6.45) is 2.96. The average Bonchev–Trinajstić information content (AvgIpc) is 2.76. The summed E-state index contributed by atoms with van der Waals surface area (Å²) >= 11 is 0. The fraction of sp³-hybridized carbons (Fsp3) is 0.353. The number of hydrogen-bond acceptors (Lipinski definition) is 3. The first kappa shape index (κ1) is 16.7. The number of aromatic amines is 1. The van der Waals surface area contributed by atoms with Crippen LogP contribution < -0.4 is 11.1 Å². The lowest BCUT2D eigenvalue weighted by molar-refractivity contribution is 0.476. The molecule has 0 fully saturated rings. The maximum absolute atomic E-state index is 12.6. The molecule has 0 amide bonds. The second kappa shape index (κ2) is 6.64. The topological polar surface area (TPSA) is 72.2 Å². The third-order valence-corrected chi connectivity index (χ3v) is 3.56. The van der Waals surface area contributed by atoms with E-state index in [0.717, 1.165) is 0 Å². The zero-order valence-corrected chi connectivity index (χ0v) is 13.8. The summed E-state index contributed by atoms with van der Waals surface area (Å²) in [7, 11) is 0. The van der Waals surface area contributed by atoms with Gasteiger partial charge in [0.1, 0.15) is 0 Å². The predicted molar refractivity (Wildman–Crippen MR) is 94.2 cm³/mol. The summed E-state index contributed by atoms with van der Waals surface area (Å²) in [5.41, 5.74) is 1.57. The maximum atomic E-state index is 12.6. The van der Waals surface area contributed by atoms with Crippen molar-refractivity contribution in [1.82, 2.24) is 14.3 Å². The molecule has 0 radical (unpaired) electrons. The Labute approximate surface area is 134 Å². The summed E-state index contributed by atoms with van der Waals surface area (Å²) in [5, 5.41) is 3.56. The van der Waals surface area contributed by atoms with E-state index in [9.17, 15) is 9.59 Å². The van der Waals surface area contributed by atoms with Crippen molar-refractivity contribution in [3.05, 3.63) is 57.4 Å². The summed E-state index contributed by atoms with van der Waals surface area (Å²) in [5.74, 6) is 0.329.